The fourth-order valence-corrected chi connectivity index (χ4v) is 6.13. The van der Waals surface area contributed by atoms with Gasteiger partial charge in [0.05, 0.1) is 33.6 Å². The average molecular weight is 591 g/mol. The van der Waals surface area contributed by atoms with Crippen LogP contribution in [0.25, 0.3) is 27.9 Å². The van der Waals surface area contributed by atoms with Gasteiger partial charge in [-0.1, -0.05) is 17.7 Å². The molecule has 1 aliphatic carbocycles. The number of carbonyl (C=O) groups is 1. The van der Waals surface area contributed by atoms with Gasteiger partial charge < -0.3 is 15.3 Å². The van der Waals surface area contributed by atoms with Crippen LogP contribution in [-0.4, -0.2) is 54.7 Å². The zero-order valence-corrected chi connectivity index (χ0v) is 24.2. The van der Waals surface area contributed by atoms with Gasteiger partial charge in [-0.15, -0.1) is 0 Å². The van der Waals surface area contributed by atoms with Crippen LogP contribution in [-0.2, 0) is 5.60 Å². The summed E-state index contributed by atoms with van der Waals surface area (Å²) < 4.78 is 1.70. The standard InChI is InChI=1S/C32H27ClN8O2/c1-32(2,43)21-6-7-26(36-14-21)19-10-22(30-20(11-34)13-38-41(30)15-19)18-5-8-27(37-12-18)40-16-23-24(17-40)28(23)39-31(42)29-25(33)4-3-9-35-29/h3-10,12-15,23-24,28,43H,16-17H2,1-2H3,(H,39,42)/t23-,24+,28-. The van der Waals surface area contributed by atoms with Gasteiger partial charge in [-0.3, -0.25) is 9.78 Å². The lowest BCUT2D eigenvalue weighted by Gasteiger charge is -2.21. The monoisotopic (exact) mass is 590 g/mol. The van der Waals surface area contributed by atoms with Gasteiger partial charge in [-0.25, -0.2) is 14.5 Å². The molecule has 1 saturated carbocycles. The molecule has 5 aromatic rings. The summed E-state index contributed by atoms with van der Waals surface area (Å²) in [6, 6.07) is 15.4. The van der Waals surface area contributed by atoms with Crippen molar-refractivity contribution in [1.82, 2.24) is 29.9 Å². The summed E-state index contributed by atoms with van der Waals surface area (Å²) in [7, 11) is 0. The van der Waals surface area contributed by atoms with Gasteiger partial charge in [0, 0.05) is 78.0 Å². The van der Waals surface area contributed by atoms with Crippen LogP contribution in [0, 0.1) is 23.2 Å². The van der Waals surface area contributed by atoms with Crippen molar-refractivity contribution in [2.75, 3.05) is 18.0 Å². The summed E-state index contributed by atoms with van der Waals surface area (Å²) in [5, 5.41) is 27.9. The number of hydrogen-bond acceptors (Lipinski definition) is 8. The summed E-state index contributed by atoms with van der Waals surface area (Å²) in [6.45, 7) is 5.04. The number of nitrogens with one attached hydrogen (secondary N) is 1. The van der Waals surface area contributed by atoms with Gasteiger partial charge >= 0.3 is 0 Å². The van der Waals surface area contributed by atoms with Crippen LogP contribution in [0.15, 0.2) is 73.4 Å². The van der Waals surface area contributed by atoms with Crippen LogP contribution in [0.5, 0.6) is 0 Å². The molecule has 1 aliphatic heterocycles. The minimum absolute atomic E-state index is 0.106. The maximum Gasteiger partial charge on any atom is 0.271 e. The lowest BCUT2D eigenvalue weighted by Crippen LogP contribution is -2.35. The molecule has 2 N–H and O–H groups in total. The molecule has 2 fully saturated rings. The largest absolute Gasteiger partial charge is 0.386 e. The number of rotatable bonds is 6. The number of pyridine rings is 4. The van der Waals surface area contributed by atoms with Crippen molar-refractivity contribution in [3.05, 3.63) is 95.3 Å². The SMILES string of the molecule is CC(C)(O)c1ccc(-c2cc(-c3ccc(N4C[C@@H]5[C@H](C4)[C@@H]5NC(=O)c4ncccc4Cl)nc3)c3c(C#N)cnn3c2)nc1. The molecule has 6 heterocycles. The molecule has 1 amide bonds. The quantitative estimate of drug-likeness (QED) is 0.296. The predicted octanol–water partition coefficient (Wildman–Crippen LogP) is 4.47. The van der Waals surface area contributed by atoms with Crippen LogP contribution in [0.1, 0.15) is 35.5 Å². The Morgan fingerprint density at radius 2 is 1.88 bits per heavy atom. The molecule has 0 spiro atoms. The third-order valence-corrected chi connectivity index (χ3v) is 8.65. The highest BCUT2D eigenvalue weighted by atomic mass is 35.5. The second-order valence-corrected chi connectivity index (χ2v) is 12.0. The first-order valence-corrected chi connectivity index (χ1v) is 14.3. The number of fused-ring (bicyclic) bond motifs is 2. The first-order chi connectivity index (χ1) is 20.7. The molecular weight excluding hydrogens is 564 g/mol. The minimum atomic E-state index is -0.990. The Hall–Kier alpha value is -4.85. The normalized spacial score (nSPS) is 19.2. The zero-order valence-electron chi connectivity index (χ0n) is 23.4. The highest BCUT2D eigenvalue weighted by Gasteiger charge is 2.56. The fraction of sp³-hybridized carbons (Fsp3) is 0.250. The number of aliphatic hydroxyl groups is 1. The molecular formula is C32H27ClN8O2. The number of anilines is 1. The Morgan fingerprint density at radius 3 is 2.53 bits per heavy atom. The van der Waals surface area contributed by atoms with E-state index in [1.165, 1.54) is 0 Å². The lowest BCUT2D eigenvalue weighted by molar-refractivity contribution is 0.0782. The first-order valence-electron chi connectivity index (χ1n) is 13.9. The van der Waals surface area contributed by atoms with Gasteiger partial charge in [0.25, 0.3) is 5.91 Å². The van der Waals surface area contributed by atoms with E-state index in [1.54, 1.807) is 49.1 Å². The number of amides is 1. The molecule has 214 valence electrons. The number of carbonyl (C=O) groups excluding carboxylic acids is 1. The summed E-state index contributed by atoms with van der Waals surface area (Å²) >= 11 is 6.13. The second kappa shape index (κ2) is 10.2. The third-order valence-electron chi connectivity index (χ3n) is 8.35. The molecule has 5 aromatic heterocycles. The number of nitrogens with zero attached hydrogens (tertiary/aromatic N) is 7. The molecule has 10 nitrogen and oxygen atoms in total. The smallest absolute Gasteiger partial charge is 0.271 e. The number of piperidine rings is 1. The van der Waals surface area contributed by atoms with Crippen LogP contribution in [0.4, 0.5) is 5.82 Å². The highest BCUT2D eigenvalue weighted by molar-refractivity contribution is 6.33. The number of halogens is 1. The van der Waals surface area contributed by atoms with Gasteiger partial charge in [0.2, 0.25) is 0 Å². The Kier molecular flexibility index (Phi) is 6.38. The molecule has 0 radical (unpaired) electrons. The Balaban J connectivity index is 1.11. The molecule has 0 aromatic carbocycles. The number of hydrogen-bond donors (Lipinski definition) is 2. The van der Waals surface area contributed by atoms with E-state index in [4.69, 9.17) is 16.6 Å². The van der Waals surface area contributed by atoms with E-state index in [0.29, 0.717) is 33.5 Å². The van der Waals surface area contributed by atoms with Crippen molar-refractivity contribution in [3.8, 4) is 28.5 Å². The van der Waals surface area contributed by atoms with Gasteiger partial charge in [0.1, 0.15) is 17.6 Å². The van der Waals surface area contributed by atoms with E-state index >= 15 is 0 Å². The van der Waals surface area contributed by atoms with E-state index in [-0.39, 0.29) is 17.6 Å². The van der Waals surface area contributed by atoms with E-state index in [2.05, 4.69) is 31.4 Å². The van der Waals surface area contributed by atoms with Crippen LogP contribution in [0.3, 0.4) is 0 Å². The predicted molar refractivity (Wildman–Crippen MR) is 161 cm³/mol. The zero-order chi connectivity index (χ0) is 29.9. The summed E-state index contributed by atoms with van der Waals surface area (Å²) in [4.78, 5) is 28.3. The van der Waals surface area contributed by atoms with Crippen molar-refractivity contribution in [1.29, 1.82) is 5.26 Å². The highest BCUT2D eigenvalue weighted by Crippen LogP contribution is 2.47. The second-order valence-electron chi connectivity index (χ2n) is 11.6. The lowest BCUT2D eigenvalue weighted by atomic mass is 9.99. The van der Waals surface area contributed by atoms with E-state index in [9.17, 15) is 15.2 Å². The summed E-state index contributed by atoms with van der Waals surface area (Å²) in [6.07, 6.45) is 8.46. The van der Waals surface area contributed by atoms with E-state index in [1.807, 2.05) is 42.7 Å². The summed E-state index contributed by atoms with van der Waals surface area (Å²) in [5.74, 6) is 1.32. The molecule has 1 saturated heterocycles. The molecule has 7 rings (SSSR count). The molecule has 43 heavy (non-hydrogen) atoms. The topological polar surface area (TPSA) is 132 Å². The van der Waals surface area contributed by atoms with Crippen LogP contribution in [0.2, 0.25) is 5.02 Å². The van der Waals surface area contributed by atoms with Crippen molar-refractivity contribution >= 4 is 28.8 Å². The molecule has 3 atom stereocenters. The van der Waals surface area contributed by atoms with Crippen LogP contribution < -0.4 is 10.2 Å². The Morgan fingerprint density at radius 1 is 1.07 bits per heavy atom. The number of aromatic nitrogens is 5. The van der Waals surface area contributed by atoms with Crippen molar-refractivity contribution < 1.29 is 9.90 Å². The van der Waals surface area contributed by atoms with Crippen molar-refractivity contribution in [3.63, 3.8) is 0 Å². The molecule has 0 unspecified atom stereocenters. The molecule has 0 bridgehead atoms. The molecule has 2 aliphatic rings. The number of nitriles is 1. The van der Waals surface area contributed by atoms with Crippen LogP contribution >= 0.6 is 11.6 Å². The maximum atomic E-state index is 12.6. The summed E-state index contributed by atoms with van der Waals surface area (Å²) in [5.41, 5.74) is 4.35. The van der Waals surface area contributed by atoms with Crippen molar-refractivity contribution in [2.24, 2.45) is 11.8 Å². The fourth-order valence-electron chi connectivity index (χ4n) is 5.92. The minimum Gasteiger partial charge on any atom is -0.386 e. The Labute approximate surface area is 252 Å². The first kappa shape index (κ1) is 27.0. The Bertz CT molecular complexity index is 1900. The van der Waals surface area contributed by atoms with E-state index in [0.717, 1.165) is 41.3 Å². The maximum absolute atomic E-state index is 12.6. The van der Waals surface area contributed by atoms with Gasteiger partial charge in [-0.2, -0.15) is 10.4 Å². The average Bonchev–Trinajstić information content (AvgIpc) is 3.32. The van der Waals surface area contributed by atoms with Gasteiger partial charge in [0.15, 0.2) is 0 Å². The van der Waals surface area contributed by atoms with E-state index < -0.39 is 5.60 Å². The molecule has 11 heteroatoms. The third kappa shape index (κ3) is 4.86. The van der Waals surface area contributed by atoms with Gasteiger partial charge in [-0.05, 0) is 50.2 Å². The van der Waals surface area contributed by atoms with Crippen molar-refractivity contribution in [2.45, 2.75) is 25.5 Å².